The van der Waals surface area contributed by atoms with Crippen LogP contribution in [0.1, 0.15) is 50.4 Å². The van der Waals surface area contributed by atoms with Gasteiger partial charge >= 0.3 is 0 Å². The molecule has 2 aromatic heterocycles. The first-order valence-corrected chi connectivity index (χ1v) is 10.8. The van der Waals surface area contributed by atoms with Crippen LogP contribution in [0.2, 0.25) is 0 Å². The second kappa shape index (κ2) is 7.94. The van der Waals surface area contributed by atoms with E-state index < -0.39 is 0 Å². The van der Waals surface area contributed by atoms with Gasteiger partial charge in [0, 0.05) is 24.6 Å². The minimum absolute atomic E-state index is 0.246. The predicted octanol–water partition coefficient (Wildman–Crippen LogP) is 4.94. The molecule has 1 aromatic carbocycles. The lowest BCUT2D eigenvalue weighted by molar-refractivity contribution is 0.604. The minimum Gasteiger partial charge on any atom is -0.378 e. The summed E-state index contributed by atoms with van der Waals surface area (Å²) in [6.45, 7) is 4.97. The minimum atomic E-state index is 0.246. The van der Waals surface area contributed by atoms with Crippen molar-refractivity contribution in [2.45, 2.75) is 51.6 Å². The molecule has 0 radical (unpaired) electrons. The molecule has 3 aromatic rings. The Hall–Kier alpha value is -3.15. The number of nitrogens with one attached hydrogen (secondary N) is 2. The van der Waals surface area contributed by atoms with Crippen molar-refractivity contribution in [1.29, 1.82) is 0 Å². The van der Waals surface area contributed by atoms with E-state index in [4.69, 9.17) is 5.10 Å². The van der Waals surface area contributed by atoms with Crippen molar-refractivity contribution in [1.82, 2.24) is 19.8 Å². The zero-order valence-corrected chi connectivity index (χ0v) is 17.5. The first-order valence-electron chi connectivity index (χ1n) is 10.8. The third-order valence-electron chi connectivity index (χ3n) is 6.03. The van der Waals surface area contributed by atoms with E-state index in [1.54, 1.807) is 5.57 Å². The Morgan fingerprint density at radius 2 is 2.03 bits per heavy atom. The van der Waals surface area contributed by atoms with Crippen molar-refractivity contribution < 1.29 is 0 Å². The van der Waals surface area contributed by atoms with E-state index in [0.717, 1.165) is 48.8 Å². The van der Waals surface area contributed by atoms with Gasteiger partial charge in [0.1, 0.15) is 5.82 Å². The van der Waals surface area contributed by atoms with Crippen molar-refractivity contribution in [3.63, 3.8) is 0 Å². The number of hydrogen-bond acceptors (Lipinski definition) is 5. The van der Waals surface area contributed by atoms with Gasteiger partial charge in [-0.15, -0.1) is 15.3 Å². The Morgan fingerprint density at radius 1 is 1.17 bits per heavy atom. The highest BCUT2D eigenvalue weighted by atomic mass is 15.4. The first kappa shape index (κ1) is 18.9. The molecule has 6 heteroatoms. The molecule has 0 amide bonds. The van der Waals surface area contributed by atoms with E-state index in [1.807, 2.05) is 10.6 Å². The number of hydrogen-bond donors (Lipinski definition) is 2. The van der Waals surface area contributed by atoms with Gasteiger partial charge in [0.05, 0.1) is 5.69 Å². The number of aromatic nitrogens is 4. The Labute approximate surface area is 177 Å². The molecule has 0 saturated heterocycles. The summed E-state index contributed by atoms with van der Waals surface area (Å²) in [5.41, 5.74) is 4.51. The molecule has 0 spiro atoms. The quantitative estimate of drug-likeness (QED) is 0.614. The molecule has 2 N–H and O–H groups in total. The van der Waals surface area contributed by atoms with Crippen molar-refractivity contribution in [2.75, 3.05) is 10.6 Å². The standard InChI is InChI=1S/C24H28N6/c1-16(2)23-27-28-24-21(25-15-17-8-4-3-5-9-17)14-22(29-30(23)24)26-20-12-18-10-6-7-11-19(18)13-20/h3-10,14,16,19-20,25H,11-13,15H2,1-2H3,(H,26,29). The summed E-state index contributed by atoms with van der Waals surface area (Å²) in [5.74, 6) is 2.67. The topological polar surface area (TPSA) is 67.1 Å². The fraction of sp³-hybridized carbons (Fsp3) is 0.375. The molecule has 30 heavy (non-hydrogen) atoms. The molecule has 0 aliphatic heterocycles. The van der Waals surface area contributed by atoms with E-state index in [-0.39, 0.29) is 5.92 Å². The monoisotopic (exact) mass is 400 g/mol. The molecule has 2 aliphatic rings. The molecule has 1 fully saturated rings. The zero-order chi connectivity index (χ0) is 20.5. The summed E-state index contributed by atoms with van der Waals surface area (Å²) in [6, 6.07) is 12.9. The molecule has 1 saturated carbocycles. The average Bonchev–Trinajstić information content (AvgIpc) is 3.36. The van der Waals surface area contributed by atoms with E-state index in [2.05, 4.69) is 83.2 Å². The van der Waals surface area contributed by atoms with Crippen LogP contribution in [0.25, 0.3) is 5.65 Å². The van der Waals surface area contributed by atoms with Crippen LogP contribution in [0, 0.1) is 5.92 Å². The van der Waals surface area contributed by atoms with E-state index in [0.29, 0.717) is 12.0 Å². The highest BCUT2D eigenvalue weighted by molar-refractivity contribution is 5.70. The van der Waals surface area contributed by atoms with Gasteiger partial charge in [0.2, 0.25) is 5.65 Å². The number of benzene rings is 1. The van der Waals surface area contributed by atoms with Crippen LogP contribution in [0.15, 0.2) is 60.2 Å². The number of fused-ring (bicyclic) bond motifs is 2. The van der Waals surface area contributed by atoms with Gasteiger partial charge in [-0.3, -0.25) is 0 Å². The Morgan fingerprint density at radius 3 is 2.83 bits per heavy atom. The summed E-state index contributed by atoms with van der Waals surface area (Å²) in [5, 5.41) is 20.9. The number of nitrogens with zero attached hydrogens (tertiary/aromatic N) is 4. The molecular weight excluding hydrogens is 372 g/mol. The third kappa shape index (κ3) is 3.70. The summed E-state index contributed by atoms with van der Waals surface area (Å²) >= 11 is 0. The first-order chi connectivity index (χ1) is 14.7. The van der Waals surface area contributed by atoms with Crippen LogP contribution >= 0.6 is 0 Å². The van der Waals surface area contributed by atoms with E-state index in [9.17, 15) is 0 Å². The Balaban J connectivity index is 1.43. The van der Waals surface area contributed by atoms with Gasteiger partial charge in [0.15, 0.2) is 5.82 Å². The van der Waals surface area contributed by atoms with E-state index >= 15 is 0 Å². The average molecular weight is 401 g/mol. The fourth-order valence-corrected chi connectivity index (χ4v) is 4.48. The second-order valence-corrected chi connectivity index (χ2v) is 8.61. The molecule has 2 unspecified atom stereocenters. The molecular formula is C24H28N6. The van der Waals surface area contributed by atoms with Crippen molar-refractivity contribution >= 4 is 17.2 Å². The maximum absolute atomic E-state index is 4.86. The van der Waals surface area contributed by atoms with Crippen LogP contribution < -0.4 is 10.6 Å². The number of anilines is 2. The Bertz CT molecular complexity index is 1100. The lowest BCUT2D eigenvalue weighted by Gasteiger charge is -2.16. The van der Waals surface area contributed by atoms with Crippen LogP contribution in [-0.4, -0.2) is 25.9 Å². The van der Waals surface area contributed by atoms with Crippen LogP contribution in [0.3, 0.4) is 0 Å². The summed E-state index contributed by atoms with van der Waals surface area (Å²) < 4.78 is 1.89. The van der Waals surface area contributed by atoms with Crippen LogP contribution in [-0.2, 0) is 6.54 Å². The zero-order valence-electron chi connectivity index (χ0n) is 17.5. The lowest BCUT2D eigenvalue weighted by atomic mass is 9.95. The molecule has 154 valence electrons. The maximum Gasteiger partial charge on any atom is 0.201 e. The van der Waals surface area contributed by atoms with Crippen molar-refractivity contribution in [2.24, 2.45) is 5.92 Å². The highest BCUT2D eigenvalue weighted by Crippen LogP contribution is 2.37. The van der Waals surface area contributed by atoms with Gasteiger partial charge in [-0.05, 0) is 30.7 Å². The van der Waals surface area contributed by atoms with Crippen molar-refractivity contribution in [3.8, 4) is 0 Å². The summed E-state index contributed by atoms with van der Waals surface area (Å²) in [6.07, 6.45) is 10.1. The number of rotatable bonds is 6. The Kier molecular flexibility index (Phi) is 4.99. The summed E-state index contributed by atoms with van der Waals surface area (Å²) in [4.78, 5) is 0. The van der Waals surface area contributed by atoms with Gasteiger partial charge < -0.3 is 10.6 Å². The van der Waals surface area contributed by atoms with Gasteiger partial charge in [-0.1, -0.05) is 68.0 Å². The van der Waals surface area contributed by atoms with Crippen LogP contribution in [0.5, 0.6) is 0 Å². The maximum atomic E-state index is 4.86. The molecule has 2 heterocycles. The van der Waals surface area contributed by atoms with Gasteiger partial charge in [-0.25, -0.2) is 0 Å². The van der Waals surface area contributed by atoms with Crippen LogP contribution in [0.4, 0.5) is 11.5 Å². The number of allylic oxidation sites excluding steroid dienone is 3. The third-order valence-corrected chi connectivity index (χ3v) is 6.03. The molecule has 2 aliphatic carbocycles. The lowest BCUT2D eigenvalue weighted by Crippen LogP contribution is -2.18. The highest BCUT2D eigenvalue weighted by Gasteiger charge is 2.29. The summed E-state index contributed by atoms with van der Waals surface area (Å²) in [7, 11) is 0. The normalized spacial score (nSPS) is 20.4. The predicted molar refractivity (Wildman–Crippen MR) is 121 cm³/mol. The van der Waals surface area contributed by atoms with Gasteiger partial charge in [0.25, 0.3) is 0 Å². The second-order valence-electron chi connectivity index (χ2n) is 8.61. The molecule has 5 rings (SSSR count). The largest absolute Gasteiger partial charge is 0.378 e. The fourth-order valence-electron chi connectivity index (χ4n) is 4.48. The molecule has 6 nitrogen and oxygen atoms in total. The smallest absolute Gasteiger partial charge is 0.201 e. The molecule has 0 bridgehead atoms. The van der Waals surface area contributed by atoms with Crippen molar-refractivity contribution in [3.05, 3.63) is 71.6 Å². The van der Waals surface area contributed by atoms with Gasteiger partial charge in [-0.2, -0.15) is 4.52 Å². The SMILES string of the molecule is CC(C)c1nnc2c(NCc3ccccc3)cc(NC3CC4=CC=CCC4C3)nn12. The van der Waals surface area contributed by atoms with E-state index in [1.165, 1.54) is 5.56 Å². The molecule has 2 atom stereocenters.